The van der Waals surface area contributed by atoms with E-state index in [1.54, 1.807) is 31.3 Å². The van der Waals surface area contributed by atoms with Crippen molar-refractivity contribution in [1.29, 1.82) is 0 Å². The summed E-state index contributed by atoms with van der Waals surface area (Å²) in [6.07, 6.45) is 2.62. The van der Waals surface area contributed by atoms with Gasteiger partial charge in [0.25, 0.3) is 5.91 Å². The van der Waals surface area contributed by atoms with Crippen LogP contribution in [0.25, 0.3) is 5.69 Å². The van der Waals surface area contributed by atoms with Crippen LogP contribution in [0.2, 0.25) is 5.02 Å². The number of benzene rings is 2. The molecule has 180 valence electrons. The minimum Gasteiger partial charge on any atom is -0.318 e. The largest absolute Gasteiger partial charge is 0.318 e. The molecule has 0 unspecified atom stereocenters. The van der Waals surface area contributed by atoms with Crippen molar-refractivity contribution < 1.29 is 13.2 Å². The van der Waals surface area contributed by atoms with Gasteiger partial charge in [0.05, 0.1) is 18.2 Å². The van der Waals surface area contributed by atoms with E-state index in [2.05, 4.69) is 47.1 Å². The monoisotopic (exact) mass is 500 g/mol. The third-order valence-electron chi connectivity index (χ3n) is 5.57. The molecule has 0 bridgehead atoms. The van der Waals surface area contributed by atoms with Gasteiger partial charge in [-0.3, -0.25) is 9.10 Å². The molecule has 0 radical (unpaired) electrons. The highest BCUT2D eigenvalue weighted by molar-refractivity contribution is 7.92. The molecule has 0 aliphatic rings. The number of anilines is 1. The first-order valence-corrected chi connectivity index (χ1v) is 12.9. The summed E-state index contributed by atoms with van der Waals surface area (Å²) < 4.78 is 27.9. The summed E-state index contributed by atoms with van der Waals surface area (Å²) >= 11 is 5.98. The second-order valence-electron chi connectivity index (χ2n) is 8.45. The zero-order valence-electron chi connectivity index (χ0n) is 20.2. The number of nitrogens with zero attached hydrogens (tertiary/aromatic N) is 3. The van der Waals surface area contributed by atoms with Gasteiger partial charge in [-0.2, -0.15) is 5.10 Å². The standard InChI is InChI=1S/C25H29ClN4O3S/c1-16-7-9-24(17(2)11-16)30-19(4)13-21(20(30)5)14-27-28-25(31)15-29(34(6,32)33)23-10-8-22(26)12-18(23)3/h7-14H,15H2,1-6H3,(H,28,31)/b27-14-. The quantitative estimate of drug-likeness (QED) is 0.380. The van der Waals surface area contributed by atoms with Crippen LogP contribution in [0.4, 0.5) is 5.69 Å². The second-order valence-corrected chi connectivity index (χ2v) is 10.8. The Labute approximate surface area is 206 Å². The Bertz CT molecular complexity index is 1380. The third kappa shape index (κ3) is 5.69. The lowest BCUT2D eigenvalue weighted by atomic mass is 10.1. The van der Waals surface area contributed by atoms with Gasteiger partial charge in [0.15, 0.2) is 0 Å². The van der Waals surface area contributed by atoms with Crippen LogP contribution < -0.4 is 9.73 Å². The predicted octanol–water partition coefficient (Wildman–Crippen LogP) is 4.59. The molecule has 0 spiro atoms. The zero-order chi connectivity index (χ0) is 25.2. The van der Waals surface area contributed by atoms with Crippen molar-refractivity contribution in [1.82, 2.24) is 9.99 Å². The van der Waals surface area contributed by atoms with Crippen LogP contribution in [0.3, 0.4) is 0 Å². The number of carbonyl (C=O) groups is 1. The van der Waals surface area contributed by atoms with E-state index in [4.69, 9.17) is 11.6 Å². The van der Waals surface area contributed by atoms with Crippen LogP contribution in [-0.4, -0.2) is 37.9 Å². The maximum Gasteiger partial charge on any atom is 0.260 e. The van der Waals surface area contributed by atoms with Gasteiger partial charge in [-0.05, 0) is 76.1 Å². The number of halogens is 1. The lowest BCUT2D eigenvalue weighted by Gasteiger charge is -2.23. The highest BCUT2D eigenvalue weighted by Crippen LogP contribution is 2.26. The molecule has 0 saturated heterocycles. The van der Waals surface area contributed by atoms with Gasteiger partial charge in [0.1, 0.15) is 6.54 Å². The molecule has 1 aromatic heterocycles. The number of hydrogen-bond donors (Lipinski definition) is 1. The van der Waals surface area contributed by atoms with Gasteiger partial charge in [-0.1, -0.05) is 29.3 Å². The number of aryl methyl sites for hydroxylation is 4. The highest BCUT2D eigenvalue weighted by Gasteiger charge is 2.22. The molecule has 2 aromatic carbocycles. The van der Waals surface area contributed by atoms with Gasteiger partial charge < -0.3 is 4.57 Å². The normalized spacial score (nSPS) is 11.7. The minimum absolute atomic E-state index is 0.392. The Morgan fingerprint density at radius 3 is 2.38 bits per heavy atom. The van der Waals surface area contributed by atoms with Crippen LogP contribution >= 0.6 is 11.6 Å². The van der Waals surface area contributed by atoms with Crippen LogP contribution in [0.15, 0.2) is 47.6 Å². The van der Waals surface area contributed by atoms with Gasteiger partial charge in [-0.25, -0.2) is 13.8 Å². The number of carbonyl (C=O) groups excluding carboxylic acids is 1. The summed E-state index contributed by atoms with van der Waals surface area (Å²) in [5.74, 6) is -0.556. The van der Waals surface area contributed by atoms with Gasteiger partial charge in [0.2, 0.25) is 10.0 Å². The maximum absolute atomic E-state index is 12.5. The number of sulfonamides is 1. The molecule has 0 aliphatic carbocycles. The summed E-state index contributed by atoms with van der Waals surface area (Å²) in [7, 11) is -3.70. The van der Waals surface area contributed by atoms with Crippen LogP contribution in [0.1, 0.15) is 33.6 Å². The van der Waals surface area contributed by atoms with E-state index in [9.17, 15) is 13.2 Å². The molecule has 1 amide bonds. The number of rotatable bonds is 7. The average Bonchev–Trinajstić information content (AvgIpc) is 2.99. The van der Waals surface area contributed by atoms with E-state index in [-0.39, 0.29) is 0 Å². The van der Waals surface area contributed by atoms with Crippen molar-refractivity contribution in [2.75, 3.05) is 17.1 Å². The van der Waals surface area contributed by atoms with Gasteiger partial charge in [0, 0.05) is 27.7 Å². The number of hydrogen-bond acceptors (Lipinski definition) is 4. The molecule has 0 fully saturated rings. The molecule has 9 heteroatoms. The van der Waals surface area contributed by atoms with Crippen molar-refractivity contribution >= 4 is 39.4 Å². The Morgan fingerprint density at radius 1 is 1.06 bits per heavy atom. The van der Waals surface area contributed by atoms with E-state index in [0.717, 1.165) is 38.8 Å². The third-order valence-corrected chi connectivity index (χ3v) is 6.93. The van der Waals surface area contributed by atoms with Crippen molar-refractivity contribution in [3.8, 4) is 5.69 Å². The number of amides is 1. The Morgan fingerprint density at radius 2 is 1.76 bits per heavy atom. The van der Waals surface area contributed by atoms with Crippen LogP contribution in [0.5, 0.6) is 0 Å². The molecule has 0 aliphatic heterocycles. The fraction of sp³-hybridized carbons (Fsp3) is 0.280. The molecular formula is C25H29ClN4O3S. The Balaban J connectivity index is 1.78. The molecule has 0 saturated carbocycles. The Hall–Kier alpha value is -3.10. The van der Waals surface area contributed by atoms with Crippen molar-refractivity contribution in [3.05, 3.63) is 81.1 Å². The lowest BCUT2D eigenvalue weighted by Crippen LogP contribution is -2.39. The minimum atomic E-state index is -3.70. The van der Waals surface area contributed by atoms with Crippen molar-refractivity contribution in [3.63, 3.8) is 0 Å². The number of hydrazone groups is 1. The number of nitrogens with one attached hydrogen (secondary N) is 1. The van der Waals surface area contributed by atoms with Gasteiger partial charge >= 0.3 is 0 Å². The molecular weight excluding hydrogens is 472 g/mol. The fourth-order valence-electron chi connectivity index (χ4n) is 3.96. The van der Waals surface area contributed by atoms with Crippen molar-refractivity contribution in [2.24, 2.45) is 5.10 Å². The highest BCUT2D eigenvalue weighted by atomic mass is 35.5. The van der Waals surface area contributed by atoms with E-state index in [0.29, 0.717) is 16.3 Å². The summed E-state index contributed by atoms with van der Waals surface area (Å²) in [5, 5.41) is 4.56. The smallest absolute Gasteiger partial charge is 0.260 e. The first-order valence-electron chi connectivity index (χ1n) is 10.7. The van der Waals surface area contributed by atoms with Crippen molar-refractivity contribution in [2.45, 2.75) is 34.6 Å². The first-order chi connectivity index (χ1) is 15.9. The van der Waals surface area contributed by atoms with Crippen LogP contribution in [-0.2, 0) is 14.8 Å². The van der Waals surface area contributed by atoms with E-state index in [1.807, 2.05) is 19.9 Å². The maximum atomic E-state index is 12.5. The van der Waals surface area contributed by atoms with E-state index >= 15 is 0 Å². The summed E-state index contributed by atoms with van der Waals surface area (Å²) in [5.41, 5.74) is 9.81. The molecule has 34 heavy (non-hydrogen) atoms. The topological polar surface area (TPSA) is 83.8 Å². The second kappa shape index (κ2) is 10.0. The zero-order valence-corrected chi connectivity index (χ0v) is 21.8. The fourth-order valence-corrected chi connectivity index (χ4v) is 5.11. The first kappa shape index (κ1) is 25.5. The molecule has 3 rings (SSSR count). The predicted molar refractivity (Wildman–Crippen MR) is 139 cm³/mol. The lowest BCUT2D eigenvalue weighted by molar-refractivity contribution is -0.119. The molecule has 0 atom stereocenters. The number of aromatic nitrogens is 1. The molecule has 7 nitrogen and oxygen atoms in total. The summed E-state index contributed by atoms with van der Waals surface area (Å²) in [6.45, 7) is 9.48. The Kier molecular flexibility index (Phi) is 7.53. The van der Waals surface area contributed by atoms with E-state index in [1.165, 1.54) is 5.56 Å². The summed E-state index contributed by atoms with van der Waals surface area (Å²) in [6, 6.07) is 13.1. The molecule has 1 N–H and O–H groups in total. The molecule has 3 aromatic rings. The average molecular weight is 501 g/mol. The molecule has 1 heterocycles. The summed E-state index contributed by atoms with van der Waals surface area (Å²) in [4.78, 5) is 12.5. The van der Waals surface area contributed by atoms with E-state index < -0.39 is 22.5 Å². The SMILES string of the molecule is Cc1ccc(-n2c(C)cc(/C=N\NC(=O)CN(c3ccc(Cl)cc3C)S(C)(=O)=O)c2C)c(C)c1. The van der Waals surface area contributed by atoms with Gasteiger partial charge in [-0.15, -0.1) is 0 Å². The van der Waals surface area contributed by atoms with Crippen LogP contribution in [0, 0.1) is 34.6 Å².